The van der Waals surface area contributed by atoms with Crippen LogP contribution < -0.4 is 9.47 Å². The molecule has 0 amide bonds. The molecule has 0 spiro atoms. The van der Waals surface area contributed by atoms with Gasteiger partial charge in [-0.15, -0.1) is 5.06 Å². The predicted molar refractivity (Wildman–Crippen MR) is 91.8 cm³/mol. The van der Waals surface area contributed by atoms with Gasteiger partial charge in [0.2, 0.25) is 0 Å². The first-order valence-electron chi connectivity index (χ1n) is 8.74. The van der Waals surface area contributed by atoms with E-state index in [1.165, 1.54) is 6.92 Å². The monoisotopic (exact) mass is 347 g/mol. The number of carbonyl (C=O) groups excluding carboxylic acids is 2. The third kappa shape index (κ3) is 3.79. The molecule has 1 saturated heterocycles. The smallest absolute Gasteiger partial charge is 0.322 e. The number of rotatable bonds is 5. The number of Topliss-reactive ketones (excluding diaryl/α,β-unsaturated/α-hetero) is 1. The van der Waals surface area contributed by atoms with Crippen molar-refractivity contribution < 1.29 is 23.9 Å². The summed E-state index contributed by atoms with van der Waals surface area (Å²) in [5.41, 5.74) is 1.81. The molecule has 1 atom stereocenters. The Morgan fingerprint density at radius 3 is 2.40 bits per heavy atom. The molecule has 25 heavy (non-hydrogen) atoms. The molecule has 0 radical (unpaired) electrons. The van der Waals surface area contributed by atoms with Crippen molar-refractivity contribution in [3.8, 4) is 11.5 Å². The molecule has 1 unspecified atom stereocenters. The molecule has 1 aromatic rings. The van der Waals surface area contributed by atoms with Crippen LogP contribution in [0.3, 0.4) is 0 Å². The van der Waals surface area contributed by atoms with Crippen LogP contribution in [0.5, 0.6) is 11.5 Å². The van der Waals surface area contributed by atoms with E-state index in [0.29, 0.717) is 17.4 Å². The number of benzene rings is 1. The first-order chi connectivity index (χ1) is 12.0. The molecule has 0 aromatic heterocycles. The van der Waals surface area contributed by atoms with Crippen molar-refractivity contribution in [2.45, 2.75) is 32.6 Å². The lowest BCUT2D eigenvalue weighted by Gasteiger charge is -2.31. The van der Waals surface area contributed by atoms with Crippen LogP contribution >= 0.6 is 0 Å². The maximum atomic E-state index is 12.8. The van der Waals surface area contributed by atoms with Crippen LogP contribution in [0.15, 0.2) is 12.1 Å². The standard InChI is InChI=1S/C19H25NO5/c1-12(21)25-20-6-4-13(5-7-20)8-15-9-14-10-17(23-2)18(24-3)11-16(14)19(15)22/h10-11,13,15H,4-9H2,1-3H3. The summed E-state index contributed by atoms with van der Waals surface area (Å²) in [7, 11) is 3.19. The summed E-state index contributed by atoms with van der Waals surface area (Å²) in [5.74, 6) is 1.71. The molecule has 0 saturated carbocycles. The molecule has 136 valence electrons. The van der Waals surface area contributed by atoms with E-state index >= 15 is 0 Å². The number of ether oxygens (including phenoxy) is 2. The SMILES string of the molecule is COc1cc2c(cc1OC)C(=O)C(CC1CCN(OC(C)=O)CC1)C2. The second kappa shape index (κ2) is 7.44. The zero-order valence-electron chi connectivity index (χ0n) is 15.0. The van der Waals surface area contributed by atoms with Crippen LogP contribution in [0.25, 0.3) is 0 Å². The summed E-state index contributed by atoms with van der Waals surface area (Å²) < 4.78 is 10.7. The van der Waals surface area contributed by atoms with Crippen LogP contribution in [0.4, 0.5) is 0 Å². The van der Waals surface area contributed by atoms with Gasteiger partial charge in [0.05, 0.1) is 14.2 Å². The number of hydroxylamine groups is 2. The second-order valence-electron chi connectivity index (χ2n) is 6.82. The van der Waals surface area contributed by atoms with E-state index in [1.54, 1.807) is 25.3 Å². The summed E-state index contributed by atoms with van der Waals surface area (Å²) >= 11 is 0. The lowest BCUT2D eigenvalue weighted by Crippen LogP contribution is -2.35. The fourth-order valence-electron chi connectivity index (χ4n) is 3.91. The molecule has 0 N–H and O–H groups in total. The number of hydrogen-bond donors (Lipinski definition) is 0. The van der Waals surface area contributed by atoms with E-state index in [2.05, 4.69) is 0 Å². The fraction of sp³-hybridized carbons (Fsp3) is 0.579. The lowest BCUT2D eigenvalue weighted by atomic mass is 9.86. The largest absolute Gasteiger partial charge is 0.493 e. The Morgan fingerprint density at radius 1 is 1.16 bits per heavy atom. The van der Waals surface area contributed by atoms with Crippen LogP contribution in [-0.4, -0.2) is 44.1 Å². The quantitative estimate of drug-likeness (QED) is 0.816. The Balaban J connectivity index is 1.62. The number of carbonyl (C=O) groups is 2. The van der Waals surface area contributed by atoms with Crippen LogP contribution in [-0.2, 0) is 16.1 Å². The van der Waals surface area contributed by atoms with Gasteiger partial charge in [-0.05, 0) is 49.3 Å². The van der Waals surface area contributed by atoms with Crippen molar-refractivity contribution >= 4 is 11.8 Å². The molecule has 1 aromatic carbocycles. The molecular weight excluding hydrogens is 322 g/mol. The Morgan fingerprint density at radius 2 is 1.80 bits per heavy atom. The molecule has 0 bridgehead atoms. The van der Waals surface area contributed by atoms with Gasteiger partial charge in [-0.2, -0.15) is 0 Å². The maximum Gasteiger partial charge on any atom is 0.322 e. The van der Waals surface area contributed by atoms with Crippen LogP contribution in [0.1, 0.15) is 42.1 Å². The average Bonchev–Trinajstić information content (AvgIpc) is 2.90. The summed E-state index contributed by atoms with van der Waals surface area (Å²) in [4.78, 5) is 28.9. The predicted octanol–water partition coefficient (Wildman–Crippen LogP) is 2.64. The molecule has 3 rings (SSSR count). The molecule has 1 aliphatic heterocycles. The normalized spacial score (nSPS) is 21.1. The molecule has 1 aliphatic carbocycles. The maximum absolute atomic E-state index is 12.8. The van der Waals surface area contributed by atoms with Gasteiger partial charge in [0, 0.05) is 31.5 Å². The lowest BCUT2D eigenvalue weighted by molar-refractivity contribution is -0.194. The number of fused-ring (bicyclic) bond motifs is 1. The summed E-state index contributed by atoms with van der Waals surface area (Å²) in [6.45, 7) is 2.89. The molecule has 1 heterocycles. The molecular formula is C19H25NO5. The Kier molecular flexibility index (Phi) is 5.27. The summed E-state index contributed by atoms with van der Waals surface area (Å²) in [6, 6.07) is 3.73. The highest BCUT2D eigenvalue weighted by Gasteiger charge is 2.34. The first-order valence-corrected chi connectivity index (χ1v) is 8.74. The molecule has 2 aliphatic rings. The third-order valence-corrected chi connectivity index (χ3v) is 5.16. The first kappa shape index (κ1) is 17.7. The topological polar surface area (TPSA) is 65.1 Å². The summed E-state index contributed by atoms with van der Waals surface area (Å²) in [6.07, 6.45) is 3.53. The van der Waals surface area contributed by atoms with Gasteiger partial charge in [0.25, 0.3) is 0 Å². The van der Waals surface area contributed by atoms with E-state index in [-0.39, 0.29) is 17.7 Å². The number of hydrogen-bond acceptors (Lipinski definition) is 6. The van der Waals surface area contributed by atoms with Crippen molar-refractivity contribution in [2.24, 2.45) is 11.8 Å². The number of methoxy groups -OCH3 is 2. The van der Waals surface area contributed by atoms with Gasteiger partial charge in [-0.3, -0.25) is 9.59 Å². The van der Waals surface area contributed by atoms with Crippen molar-refractivity contribution in [1.82, 2.24) is 5.06 Å². The van der Waals surface area contributed by atoms with Gasteiger partial charge in [-0.25, -0.2) is 0 Å². The number of nitrogens with zero attached hydrogens (tertiary/aromatic N) is 1. The number of piperidine rings is 1. The molecule has 6 nitrogen and oxygen atoms in total. The van der Waals surface area contributed by atoms with Crippen LogP contribution in [0, 0.1) is 11.8 Å². The van der Waals surface area contributed by atoms with Crippen molar-refractivity contribution in [2.75, 3.05) is 27.3 Å². The second-order valence-corrected chi connectivity index (χ2v) is 6.82. The average molecular weight is 347 g/mol. The van der Waals surface area contributed by atoms with E-state index in [1.807, 2.05) is 6.07 Å². The van der Waals surface area contributed by atoms with Gasteiger partial charge in [-0.1, -0.05) is 0 Å². The minimum Gasteiger partial charge on any atom is -0.493 e. The zero-order valence-corrected chi connectivity index (χ0v) is 15.0. The minimum absolute atomic E-state index is 0.0251. The van der Waals surface area contributed by atoms with Crippen molar-refractivity contribution in [1.29, 1.82) is 0 Å². The highest BCUT2D eigenvalue weighted by atomic mass is 16.7. The van der Waals surface area contributed by atoms with E-state index in [4.69, 9.17) is 14.3 Å². The van der Waals surface area contributed by atoms with Gasteiger partial charge in [0.15, 0.2) is 17.3 Å². The van der Waals surface area contributed by atoms with Gasteiger partial charge in [0.1, 0.15) is 0 Å². The highest BCUT2D eigenvalue weighted by Crippen LogP contribution is 2.39. The van der Waals surface area contributed by atoms with Gasteiger partial charge < -0.3 is 14.3 Å². The molecule has 1 fully saturated rings. The zero-order chi connectivity index (χ0) is 18.0. The third-order valence-electron chi connectivity index (χ3n) is 5.16. The van der Waals surface area contributed by atoms with E-state index < -0.39 is 0 Å². The Bertz CT molecular complexity index is 664. The van der Waals surface area contributed by atoms with E-state index in [0.717, 1.165) is 49.9 Å². The minimum atomic E-state index is -0.275. The van der Waals surface area contributed by atoms with Crippen LogP contribution in [0.2, 0.25) is 0 Å². The van der Waals surface area contributed by atoms with E-state index in [9.17, 15) is 9.59 Å². The number of ketones is 1. The van der Waals surface area contributed by atoms with Gasteiger partial charge >= 0.3 is 5.97 Å². The highest BCUT2D eigenvalue weighted by molar-refractivity contribution is 6.02. The van der Waals surface area contributed by atoms with Crippen molar-refractivity contribution in [3.05, 3.63) is 23.3 Å². The molecule has 6 heteroatoms. The van der Waals surface area contributed by atoms with Crippen molar-refractivity contribution in [3.63, 3.8) is 0 Å². The summed E-state index contributed by atoms with van der Waals surface area (Å²) in [5, 5.41) is 1.72. The Labute approximate surface area is 148 Å². The Hall–Kier alpha value is -2.08. The fourth-order valence-corrected chi connectivity index (χ4v) is 3.91.